The Bertz CT molecular complexity index is 897. The van der Waals surface area contributed by atoms with E-state index >= 15 is 0 Å². The second kappa shape index (κ2) is 5.86. The Morgan fingerprint density at radius 1 is 1.21 bits per heavy atom. The van der Waals surface area contributed by atoms with Gasteiger partial charge < -0.3 is 9.80 Å². The van der Waals surface area contributed by atoms with Crippen molar-refractivity contribution in [2.75, 3.05) is 31.1 Å². The van der Waals surface area contributed by atoms with Crippen molar-refractivity contribution < 1.29 is 9.18 Å². The van der Waals surface area contributed by atoms with Crippen LogP contribution in [0.5, 0.6) is 0 Å². The summed E-state index contributed by atoms with van der Waals surface area (Å²) < 4.78 is 16.2. The third-order valence-electron chi connectivity index (χ3n) is 4.24. The number of hydrogen-bond acceptors (Lipinski definition) is 5. The Labute approximate surface area is 142 Å². The second-order valence-corrected chi connectivity index (χ2v) is 6.71. The van der Waals surface area contributed by atoms with Crippen molar-refractivity contribution in [2.45, 2.75) is 0 Å². The summed E-state index contributed by atoms with van der Waals surface area (Å²) in [7, 11) is 1.76. The minimum atomic E-state index is -0.292. The van der Waals surface area contributed by atoms with Crippen molar-refractivity contribution in [1.82, 2.24) is 19.7 Å². The minimum Gasteiger partial charge on any atom is -0.345 e. The summed E-state index contributed by atoms with van der Waals surface area (Å²) in [5.41, 5.74) is 1.01. The lowest BCUT2D eigenvalue weighted by Gasteiger charge is -2.34. The number of fused-ring (bicyclic) bond motifs is 1. The molecule has 8 heteroatoms. The number of rotatable bonds is 2. The maximum atomic E-state index is 13.8. The molecule has 0 bridgehead atoms. The van der Waals surface area contributed by atoms with E-state index in [1.54, 1.807) is 30.1 Å². The predicted octanol–water partition coefficient (Wildman–Crippen LogP) is 2.13. The summed E-state index contributed by atoms with van der Waals surface area (Å²) in [6.07, 6.45) is 1.62. The molecular formula is C16H16FN5OS. The van der Waals surface area contributed by atoms with Crippen molar-refractivity contribution >= 4 is 32.6 Å². The molecule has 0 atom stereocenters. The van der Waals surface area contributed by atoms with Gasteiger partial charge in [-0.05, 0) is 18.2 Å². The van der Waals surface area contributed by atoms with Crippen molar-refractivity contribution in [1.29, 1.82) is 0 Å². The molecule has 1 fully saturated rings. The third kappa shape index (κ3) is 2.52. The van der Waals surface area contributed by atoms with Gasteiger partial charge in [0.25, 0.3) is 5.91 Å². The fourth-order valence-electron chi connectivity index (χ4n) is 2.89. The number of nitrogens with zero attached hydrogens (tertiary/aromatic N) is 5. The van der Waals surface area contributed by atoms with Gasteiger partial charge in [0.2, 0.25) is 0 Å². The fourth-order valence-corrected chi connectivity index (χ4v) is 3.92. The van der Waals surface area contributed by atoms with Crippen molar-refractivity contribution in [3.8, 4) is 0 Å². The van der Waals surface area contributed by atoms with E-state index in [0.717, 1.165) is 9.83 Å². The molecule has 1 aliphatic rings. The molecule has 1 amide bonds. The van der Waals surface area contributed by atoms with Crippen molar-refractivity contribution in [3.63, 3.8) is 0 Å². The summed E-state index contributed by atoms with van der Waals surface area (Å²) in [5, 5.41) is 4.85. The largest absolute Gasteiger partial charge is 0.345 e. The van der Waals surface area contributed by atoms with Gasteiger partial charge in [-0.3, -0.25) is 9.48 Å². The van der Waals surface area contributed by atoms with Crippen LogP contribution in [0, 0.1) is 5.82 Å². The molecule has 0 aliphatic carbocycles. The first kappa shape index (κ1) is 15.1. The zero-order valence-corrected chi connectivity index (χ0v) is 14.0. The van der Waals surface area contributed by atoms with Crippen LogP contribution in [0.1, 0.15) is 10.5 Å². The van der Waals surface area contributed by atoms with Gasteiger partial charge in [-0.1, -0.05) is 17.4 Å². The zero-order valence-electron chi connectivity index (χ0n) is 13.1. The van der Waals surface area contributed by atoms with Gasteiger partial charge in [-0.25, -0.2) is 9.37 Å². The number of amides is 1. The number of benzene rings is 1. The number of para-hydroxylation sites is 1. The molecular weight excluding hydrogens is 329 g/mol. The summed E-state index contributed by atoms with van der Waals surface area (Å²) in [5.74, 6) is -0.301. The smallest absolute Gasteiger partial charge is 0.272 e. The quantitative estimate of drug-likeness (QED) is 0.714. The lowest BCUT2D eigenvalue weighted by atomic mass is 10.3. The lowest BCUT2D eigenvalue weighted by molar-refractivity contribution is 0.0735. The monoisotopic (exact) mass is 345 g/mol. The van der Waals surface area contributed by atoms with E-state index in [0.29, 0.717) is 37.4 Å². The first-order valence-electron chi connectivity index (χ1n) is 7.71. The number of aryl methyl sites for hydroxylation is 1. The molecule has 6 nitrogen and oxygen atoms in total. The van der Waals surface area contributed by atoms with Crippen molar-refractivity contribution in [3.05, 3.63) is 42.0 Å². The molecule has 0 radical (unpaired) electrons. The Kier molecular flexibility index (Phi) is 3.68. The van der Waals surface area contributed by atoms with E-state index in [-0.39, 0.29) is 11.7 Å². The number of carbonyl (C=O) groups is 1. The van der Waals surface area contributed by atoms with Crippen LogP contribution in [0.3, 0.4) is 0 Å². The van der Waals surface area contributed by atoms with Crippen LogP contribution in [0.4, 0.5) is 9.52 Å². The number of carbonyl (C=O) groups excluding carboxylic acids is 1. The first-order chi connectivity index (χ1) is 11.6. The number of halogens is 1. The van der Waals surface area contributed by atoms with E-state index in [9.17, 15) is 9.18 Å². The average Bonchev–Trinajstić information content (AvgIpc) is 3.21. The summed E-state index contributed by atoms with van der Waals surface area (Å²) in [6.45, 7) is 2.60. The number of anilines is 1. The Morgan fingerprint density at radius 2 is 2.00 bits per heavy atom. The molecule has 4 rings (SSSR count). The molecule has 124 valence electrons. The highest BCUT2D eigenvalue weighted by Crippen LogP contribution is 2.30. The predicted molar refractivity (Wildman–Crippen MR) is 90.9 cm³/mol. The Morgan fingerprint density at radius 3 is 2.67 bits per heavy atom. The van der Waals surface area contributed by atoms with Crippen LogP contribution in [-0.4, -0.2) is 51.8 Å². The number of hydrogen-bond donors (Lipinski definition) is 0. The third-order valence-corrected chi connectivity index (χ3v) is 5.32. The molecule has 3 aromatic rings. The highest BCUT2D eigenvalue weighted by molar-refractivity contribution is 7.22. The van der Waals surface area contributed by atoms with Gasteiger partial charge >= 0.3 is 0 Å². The highest BCUT2D eigenvalue weighted by atomic mass is 32.1. The van der Waals surface area contributed by atoms with Gasteiger partial charge in [0.05, 0.1) is 4.70 Å². The van der Waals surface area contributed by atoms with Gasteiger partial charge in [0, 0.05) is 39.4 Å². The van der Waals surface area contributed by atoms with E-state index in [1.165, 1.54) is 17.4 Å². The van der Waals surface area contributed by atoms with Crippen LogP contribution in [0.25, 0.3) is 10.2 Å². The summed E-state index contributed by atoms with van der Waals surface area (Å²) >= 11 is 1.49. The lowest BCUT2D eigenvalue weighted by Crippen LogP contribution is -2.49. The SMILES string of the molecule is Cn1nccc1C(=O)N1CCN(c2nc3c(F)cccc3s2)CC1. The zero-order chi connectivity index (χ0) is 16.7. The average molecular weight is 345 g/mol. The maximum Gasteiger partial charge on any atom is 0.272 e. The van der Waals surface area contributed by atoms with E-state index in [4.69, 9.17) is 0 Å². The minimum absolute atomic E-state index is 0.00926. The van der Waals surface area contributed by atoms with E-state index < -0.39 is 0 Å². The van der Waals surface area contributed by atoms with Gasteiger partial charge in [-0.2, -0.15) is 5.10 Å². The molecule has 1 aromatic carbocycles. The molecule has 0 saturated carbocycles. The first-order valence-corrected chi connectivity index (χ1v) is 8.52. The van der Waals surface area contributed by atoms with Gasteiger partial charge in [0.1, 0.15) is 17.0 Å². The van der Waals surface area contributed by atoms with Crippen LogP contribution < -0.4 is 4.90 Å². The molecule has 1 aliphatic heterocycles. The number of aromatic nitrogens is 3. The van der Waals surface area contributed by atoms with E-state index in [1.807, 2.05) is 11.0 Å². The van der Waals surface area contributed by atoms with Gasteiger partial charge in [-0.15, -0.1) is 0 Å². The maximum absolute atomic E-state index is 13.8. The van der Waals surface area contributed by atoms with E-state index in [2.05, 4.69) is 15.0 Å². The molecule has 2 aromatic heterocycles. The van der Waals surface area contributed by atoms with Crippen LogP contribution in [0.2, 0.25) is 0 Å². The van der Waals surface area contributed by atoms with Crippen molar-refractivity contribution in [2.24, 2.45) is 7.05 Å². The molecule has 0 N–H and O–H groups in total. The van der Waals surface area contributed by atoms with Gasteiger partial charge in [0.15, 0.2) is 5.13 Å². The highest BCUT2D eigenvalue weighted by Gasteiger charge is 2.25. The molecule has 0 unspecified atom stereocenters. The van der Waals surface area contributed by atoms with Crippen LogP contribution in [0.15, 0.2) is 30.5 Å². The molecule has 0 spiro atoms. The summed E-state index contributed by atoms with van der Waals surface area (Å²) in [6, 6.07) is 6.73. The fraction of sp³-hybridized carbons (Fsp3) is 0.312. The standard InChI is InChI=1S/C16H16FN5OS/c1-20-12(5-6-18-20)15(23)21-7-9-22(10-8-21)16-19-14-11(17)3-2-4-13(14)24-16/h2-6H,7-10H2,1H3. The molecule has 1 saturated heterocycles. The molecule has 24 heavy (non-hydrogen) atoms. The Balaban J connectivity index is 1.48. The second-order valence-electron chi connectivity index (χ2n) is 5.70. The normalized spacial score (nSPS) is 15.2. The topological polar surface area (TPSA) is 54.3 Å². The van der Waals surface area contributed by atoms with Crippen LogP contribution in [-0.2, 0) is 7.05 Å². The Hall–Kier alpha value is -2.48. The number of piperazine rings is 1. The van der Waals surface area contributed by atoms with Crippen LogP contribution >= 0.6 is 11.3 Å². The number of thiazole rings is 1. The molecule has 3 heterocycles. The summed E-state index contributed by atoms with van der Waals surface area (Å²) in [4.78, 5) is 20.8.